The second kappa shape index (κ2) is 8.83. The number of carbonyl (C=O) groups excluding carboxylic acids is 1. The van der Waals surface area contributed by atoms with Crippen LogP contribution in [0.3, 0.4) is 0 Å². The van der Waals surface area contributed by atoms with Crippen LogP contribution >= 0.6 is 0 Å². The Morgan fingerprint density at radius 1 is 0.900 bits per heavy atom. The molecule has 1 amide bonds. The molecule has 0 radical (unpaired) electrons. The lowest BCUT2D eigenvalue weighted by molar-refractivity contribution is 0.102. The highest BCUT2D eigenvalue weighted by Gasteiger charge is 2.12. The zero-order chi connectivity index (χ0) is 20.8. The quantitative estimate of drug-likeness (QED) is 0.496. The molecule has 0 unspecified atom stereocenters. The Morgan fingerprint density at radius 3 is 2.53 bits per heavy atom. The number of amides is 1. The average molecular weight is 397 g/mol. The zero-order valence-electron chi connectivity index (χ0n) is 16.2. The monoisotopic (exact) mass is 397 g/mol. The molecule has 0 bridgehead atoms. The Kier molecular flexibility index (Phi) is 5.61. The Hall–Kier alpha value is -4.26. The van der Waals surface area contributed by atoms with E-state index in [2.05, 4.69) is 25.6 Å². The Balaban J connectivity index is 1.51. The lowest BCUT2D eigenvalue weighted by Crippen LogP contribution is -2.13. The molecule has 0 atom stereocenters. The van der Waals surface area contributed by atoms with Gasteiger partial charge in [0.05, 0.1) is 18.4 Å². The lowest BCUT2D eigenvalue weighted by Gasteiger charge is -2.11. The summed E-state index contributed by atoms with van der Waals surface area (Å²) in [5.74, 6) is 0.726. The minimum atomic E-state index is -0.250. The number of para-hydroxylation sites is 1. The third kappa shape index (κ3) is 4.41. The van der Waals surface area contributed by atoms with Gasteiger partial charge in [0, 0.05) is 35.5 Å². The summed E-state index contributed by atoms with van der Waals surface area (Å²) in [5, 5.41) is 6.07. The molecule has 148 valence electrons. The van der Waals surface area contributed by atoms with Crippen molar-refractivity contribution in [3.05, 3.63) is 90.9 Å². The molecule has 2 N–H and O–H groups in total. The maximum absolute atomic E-state index is 12.6. The standard InChI is InChI=1S/C23H19N5O2/c1-30-21-8-3-2-7-19(21)22(29)26-17-5-4-6-18(15-17)27-23-25-14-11-20(28-23)16-9-12-24-13-10-16/h2-15H,1H3,(H,26,29)(H,25,27,28). The second-order valence-electron chi connectivity index (χ2n) is 6.36. The number of carbonyl (C=O) groups is 1. The fourth-order valence-corrected chi connectivity index (χ4v) is 2.94. The summed E-state index contributed by atoms with van der Waals surface area (Å²) >= 11 is 0. The molecule has 0 aliphatic heterocycles. The molecule has 30 heavy (non-hydrogen) atoms. The highest BCUT2D eigenvalue weighted by Crippen LogP contribution is 2.23. The van der Waals surface area contributed by atoms with Crippen molar-refractivity contribution in [2.24, 2.45) is 0 Å². The highest BCUT2D eigenvalue weighted by atomic mass is 16.5. The van der Waals surface area contributed by atoms with Crippen molar-refractivity contribution in [1.29, 1.82) is 0 Å². The molecule has 4 rings (SSSR count). The van der Waals surface area contributed by atoms with Crippen LogP contribution in [-0.2, 0) is 0 Å². The summed E-state index contributed by atoms with van der Waals surface area (Å²) in [6.07, 6.45) is 5.13. The van der Waals surface area contributed by atoms with Crippen LogP contribution in [0.5, 0.6) is 5.75 Å². The van der Waals surface area contributed by atoms with E-state index in [1.54, 1.807) is 36.8 Å². The molecule has 0 aliphatic carbocycles. The number of ether oxygens (including phenoxy) is 1. The number of hydrogen-bond donors (Lipinski definition) is 2. The number of anilines is 3. The van der Waals surface area contributed by atoms with E-state index in [0.29, 0.717) is 22.9 Å². The van der Waals surface area contributed by atoms with Gasteiger partial charge in [-0.3, -0.25) is 9.78 Å². The topological polar surface area (TPSA) is 89.0 Å². The van der Waals surface area contributed by atoms with Gasteiger partial charge >= 0.3 is 0 Å². The summed E-state index contributed by atoms with van der Waals surface area (Å²) < 4.78 is 5.26. The molecule has 0 spiro atoms. The van der Waals surface area contributed by atoms with Crippen molar-refractivity contribution in [3.63, 3.8) is 0 Å². The molecule has 2 aromatic heterocycles. The van der Waals surface area contributed by atoms with Crippen LogP contribution < -0.4 is 15.4 Å². The van der Waals surface area contributed by atoms with E-state index in [9.17, 15) is 4.79 Å². The molecule has 0 aliphatic rings. The number of methoxy groups -OCH3 is 1. The third-order valence-corrected chi connectivity index (χ3v) is 4.36. The summed E-state index contributed by atoms with van der Waals surface area (Å²) in [6.45, 7) is 0. The predicted octanol–water partition coefficient (Wildman–Crippen LogP) is 4.54. The van der Waals surface area contributed by atoms with Gasteiger partial charge < -0.3 is 15.4 Å². The number of benzene rings is 2. The van der Waals surface area contributed by atoms with Crippen molar-refractivity contribution in [1.82, 2.24) is 15.0 Å². The minimum Gasteiger partial charge on any atom is -0.496 e. The summed E-state index contributed by atoms with van der Waals surface area (Å²) in [4.78, 5) is 25.5. The van der Waals surface area contributed by atoms with Crippen molar-refractivity contribution in [2.75, 3.05) is 17.7 Å². The second-order valence-corrected chi connectivity index (χ2v) is 6.36. The van der Waals surface area contributed by atoms with Gasteiger partial charge in [-0.05, 0) is 48.5 Å². The Labute approximate surface area is 173 Å². The number of pyridine rings is 1. The smallest absolute Gasteiger partial charge is 0.259 e. The Bertz CT molecular complexity index is 1160. The maximum atomic E-state index is 12.6. The molecule has 2 heterocycles. The van der Waals surface area contributed by atoms with Crippen LogP contribution in [0.15, 0.2) is 85.3 Å². The van der Waals surface area contributed by atoms with Crippen LogP contribution in [-0.4, -0.2) is 28.0 Å². The van der Waals surface area contributed by atoms with Gasteiger partial charge in [-0.15, -0.1) is 0 Å². The van der Waals surface area contributed by atoms with Gasteiger partial charge in [0.25, 0.3) is 5.91 Å². The van der Waals surface area contributed by atoms with Gasteiger partial charge in [0.2, 0.25) is 5.95 Å². The number of nitrogens with zero attached hydrogens (tertiary/aromatic N) is 3. The molecule has 7 nitrogen and oxygen atoms in total. The Morgan fingerprint density at radius 2 is 1.70 bits per heavy atom. The van der Waals surface area contributed by atoms with Crippen LogP contribution in [0.25, 0.3) is 11.3 Å². The van der Waals surface area contributed by atoms with E-state index >= 15 is 0 Å². The first kappa shape index (κ1) is 19.1. The van der Waals surface area contributed by atoms with Crippen molar-refractivity contribution in [2.45, 2.75) is 0 Å². The number of rotatable bonds is 6. The van der Waals surface area contributed by atoms with Crippen molar-refractivity contribution < 1.29 is 9.53 Å². The molecule has 4 aromatic rings. The first-order chi connectivity index (χ1) is 14.7. The molecular formula is C23H19N5O2. The van der Waals surface area contributed by atoms with Crippen molar-refractivity contribution >= 4 is 23.2 Å². The minimum absolute atomic E-state index is 0.250. The zero-order valence-corrected chi connectivity index (χ0v) is 16.2. The van der Waals surface area contributed by atoms with E-state index in [1.807, 2.05) is 48.5 Å². The van der Waals surface area contributed by atoms with E-state index in [1.165, 1.54) is 7.11 Å². The number of aromatic nitrogens is 3. The normalized spacial score (nSPS) is 10.3. The number of nitrogens with one attached hydrogen (secondary N) is 2. The van der Waals surface area contributed by atoms with Crippen LogP contribution in [0.4, 0.5) is 17.3 Å². The molecular weight excluding hydrogens is 378 g/mol. The fourth-order valence-electron chi connectivity index (χ4n) is 2.94. The lowest BCUT2D eigenvalue weighted by atomic mass is 10.2. The first-order valence-corrected chi connectivity index (χ1v) is 9.28. The summed E-state index contributed by atoms with van der Waals surface area (Å²) in [5.41, 5.74) is 3.59. The van der Waals surface area contributed by atoms with Gasteiger partial charge in [-0.25, -0.2) is 9.97 Å². The summed E-state index contributed by atoms with van der Waals surface area (Å²) in [6, 6.07) is 20.0. The molecule has 2 aromatic carbocycles. The number of hydrogen-bond acceptors (Lipinski definition) is 6. The molecule has 0 saturated heterocycles. The molecule has 0 fully saturated rings. The van der Waals surface area contributed by atoms with Crippen LogP contribution in [0.1, 0.15) is 10.4 Å². The third-order valence-electron chi connectivity index (χ3n) is 4.36. The largest absolute Gasteiger partial charge is 0.496 e. The fraction of sp³-hybridized carbons (Fsp3) is 0.0435. The SMILES string of the molecule is COc1ccccc1C(=O)Nc1cccc(Nc2nccc(-c3ccncc3)n2)c1. The van der Waals surface area contributed by atoms with E-state index in [0.717, 1.165) is 16.9 Å². The van der Waals surface area contributed by atoms with Gasteiger partial charge in [0.15, 0.2) is 0 Å². The first-order valence-electron chi connectivity index (χ1n) is 9.28. The van der Waals surface area contributed by atoms with E-state index in [-0.39, 0.29) is 5.91 Å². The van der Waals surface area contributed by atoms with Gasteiger partial charge in [-0.1, -0.05) is 18.2 Å². The van der Waals surface area contributed by atoms with E-state index in [4.69, 9.17) is 4.74 Å². The molecule has 0 saturated carbocycles. The van der Waals surface area contributed by atoms with Crippen LogP contribution in [0.2, 0.25) is 0 Å². The average Bonchev–Trinajstić information content (AvgIpc) is 2.80. The maximum Gasteiger partial charge on any atom is 0.259 e. The molecule has 7 heteroatoms. The van der Waals surface area contributed by atoms with E-state index < -0.39 is 0 Å². The van der Waals surface area contributed by atoms with Crippen molar-refractivity contribution in [3.8, 4) is 17.0 Å². The van der Waals surface area contributed by atoms with Gasteiger partial charge in [-0.2, -0.15) is 0 Å². The summed E-state index contributed by atoms with van der Waals surface area (Å²) in [7, 11) is 1.54. The predicted molar refractivity (Wildman–Crippen MR) is 116 cm³/mol. The van der Waals surface area contributed by atoms with Crippen LogP contribution in [0, 0.1) is 0 Å². The van der Waals surface area contributed by atoms with Gasteiger partial charge in [0.1, 0.15) is 5.75 Å². The highest BCUT2D eigenvalue weighted by molar-refractivity contribution is 6.06.